The van der Waals surface area contributed by atoms with Crippen molar-refractivity contribution in [1.29, 1.82) is 0 Å². The maximum atomic E-state index is 15.0. The number of benzene rings is 1. The maximum Gasteiger partial charge on any atom is 0.200 e. The van der Waals surface area contributed by atoms with Gasteiger partial charge >= 0.3 is 0 Å². The van der Waals surface area contributed by atoms with Gasteiger partial charge in [0.1, 0.15) is 6.10 Å². The normalized spacial score (nSPS) is 27.1. The van der Waals surface area contributed by atoms with E-state index in [1.54, 1.807) is 18.2 Å². The van der Waals surface area contributed by atoms with Gasteiger partial charge in [-0.2, -0.15) is 4.39 Å². The van der Waals surface area contributed by atoms with Gasteiger partial charge in [0.05, 0.1) is 0 Å². The zero-order valence-corrected chi connectivity index (χ0v) is 20.4. The van der Waals surface area contributed by atoms with Crippen LogP contribution in [0.1, 0.15) is 115 Å². The number of hydrogen-bond acceptors (Lipinski definition) is 1. The average Bonchev–Trinajstić information content (AvgIpc) is 2.82. The number of unbranched alkanes of at least 4 members (excludes halogenated alkanes) is 2. The van der Waals surface area contributed by atoms with Crippen LogP contribution in [0.25, 0.3) is 0 Å². The molecule has 2 aliphatic rings. The fraction of sp³-hybridized carbons (Fsp3) is 0.724. The van der Waals surface area contributed by atoms with Crippen molar-refractivity contribution < 1.29 is 13.5 Å². The van der Waals surface area contributed by atoms with Crippen molar-refractivity contribution in [3.05, 3.63) is 42.0 Å². The average molecular weight is 447 g/mol. The minimum atomic E-state index is -0.832. The first-order chi connectivity index (χ1) is 15.6. The summed E-state index contributed by atoms with van der Waals surface area (Å²) in [4.78, 5) is 0. The highest BCUT2D eigenvalue weighted by atomic mass is 19.2. The molecule has 1 atom stereocenters. The fourth-order valence-corrected chi connectivity index (χ4v) is 6.19. The zero-order valence-electron chi connectivity index (χ0n) is 20.4. The molecule has 0 bridgehead atoms. The molecule has 0 spiro atoms. The Morgan fingerprint density at radius 3 is 2.16 bits per heavy atom. The highest BCUT2D eigenvalue weighted by Gasteiger charge is 2.32. The Labute approximate surface area is 195 Å². The van der Waals surface area contributed by atoms with Crippen LogP contribution in [-0.2, 0) is 0 Å². The van der Waals surface area contributed by atoms with Crippen LogP contribution >= 0.6 is 0 Å². The zero-order chi connectivity index (χ0) is 22.9. The van der Waals surface area contributed by atoms with E-state index in [0.29, 0.717) is 5.56 Å². The predicted octanol–water partition coefficient (Wildman–Crippen LogP) is 9.36. The quantitative estimate of drug-likeness (QED) is 0.243. The molecule has 180 valence electrons. The van der Waals surface area contributed by atoms with Gasteiger partial charge in [-0.25, -0.2) is 4.39 Å². The first-order valence-corrected chi connectivity index (χ1v) is 13.3. The molecular weight excluding hydrogens is 402 g/mol. The summed E-state index contributed by atoms with van der Waals surface area (Å²) in [6.45, 7) is 8.23. The van der Waals surface area contributed by atoms with Crippen LogP contribution in [-0.4, -0.2) is 6.10 Å². The molecule has 1 nitrogen and oxygen atoms in total. The first kappa shape index (κ1) is 25.2. The SMILES string of the molecule is C=CC(CCCCC)Oc1ccc(C2CCC(C3CCC(CCC)CC3)CC2)c(F)c1F. The van der Waals surface area contributed by atoms with Gasteiger partial charge in [0.25, 0.3) is 0 Å². The van der Waals surface area contributed by atoms with Crippen LogP contribution in [0.5, 0.6) is 5.75 Å². The molecule has 0 radical (unpaired) electrons. The summed E-state index contributed by atoms with van der Waals surface area (Å²) in [6, 6.07) is 3.39. The predicted molar refractivity (Wildman–Crippen MR) is 130 cm³/mol. The van der Waals surface area contributed by atoms with Crippen molar-refractivity contribution in [2.75, 3.05) is 0 Å². The van der Waals surface area contributed by atoms with Crippen LogP contribution in [0.4, 0.5) is 8.78 Å². The van der Waals surface area contributed by atoms with Crippen molar-refractivity contribution in [1.82, 2.24) is 0 Å². The van der Waals surface area contributed by atoms with E-state index in [9.17, 15) is 8.78 Å². The molecule has 1 aromatic carbocycles. The molecule has 3 heteroatoms. The van der Waals surface area contributed by atoms with E-state index in [1.165, 1.54) is 38.5 Å². The fourth-order valence-electron chi connectivity index (χ4n) is 6.19. The summed E-state index contributed by atoms with van der Waals surface area (Å²) >= 11 is 0. The standard InChI is InChI=1S/C29H44F2O/c1-4-7-8-10-25(6-3)32-27-20-19-26(28(30)29(27)31)24-17-15-23(16-18-24)22-13-11-21(9-5-2)12-14-22/h6,19-25H,3-5,7-18H2,1-2H3. The lowest BCUT2D eigenvalue weighted by atomic mass is 9.68. The first-order valence-electron chi connectivity index (χ1n) is 13.3. The lowest BCUT2D eigenvalue weighted by Gasteiger charge is -2.38. The molecule has 0 N–H and O–H groups in total. The molecule has 32 heavy (non-hydrogen) atoms. The van der Waals surface area contributed by atoms with Gasteiger partial charge in [-0.3, -0.25) is 0 Å². The topological polar surface area (TPSA) is 9.23 Å². The molecule has 0 aromatic heterocycles. The number of halogens is 2. The number of ether oxygens (including phenoxy) is 1. The largest absolute Gasteiger partial charge is 0.483 e. The molecule has 2 fully saturated rings. The van der Waals surface area contributed by atoms with Gasteiger partial charge in [-0.15, -0.1) is 0 Å². The summed E-state index contributed by atoms with van der Waals surface area (Å²) in [5.74, 6) is 1.18. The molecule has 1 unspecified atom stereocenters. The molecule has 0 aliphatic heterocycles. The van der Waals surface area contributed by atoms with Gasteiger partial charge in [-0.1, -0.05) is 71.1 Å². The van der Waals surface area contributed by atoms with Gasteiger partial charge in [0, 0.05) is 0 Å². The van der Waals surface area contributed by atoms with Crippen LogP contribution < -0.4 is 4.74 Å². The highest BCUT2D eigenvalue weighted by Crippen LogP contribution is 2.45. The Balaban J connectivity index is 1.54. The van der Waals surface area contributed by atoms with E-state index in [0.717, 1.165) is 69.1 Å². The number of rotatable bonds is 11. The highest BCUT2D eigenvalue weighted by molar-refractivity contribution is 5.33. The molecule has 2 aliphatic carbocycles. The molecule has 0 amide bonds. The van der Waals surface area contributed by atoms with E-state index in [1.807, 2.05) is 0 Å². The minimum absolute atomic E-state index is 0.0187. The summed E-state index contributed by atoms with van der Waals surface area (Å²) in [7, 11) is 0. The second-order valence-corrected chi connectivity index (χ2v) is 10.3. The van der Waals surface area contributed by atoms with Crippen LogP contribution in [0.3, 0.4) is 0 Å². The lowest BCUT2D eigenvalue weighted by molar-refractivity contribution is 0.155. The van der Waals surface area contributed by atoms with Crippen molar-refractivity contribution in [2.45, 2.75) is 116 Å². The van der Waals surface area contributed by atoms with Crippen molar-refractivity contribution in [2.24, 2.45) is 17.8 Å². The van der Waals surface area contributed by atoms with Crippen molar-refractivity contribution in [3.63, 3.8) is 0 Å². The summed E-state index contributed by atoms with van der Waals surface area (Å²) in [6.07, 6.45) is 17.9. The van der Waals surface area contributed by atoms with E-state index in [-0.39, 0.29) is 17.8 Å². The summed E-state index contributed by atoms with van der Waals surface area (Å²) < 4.78 is 35.6. The third-order valence-corrected chi connectivity index (χ3v) is 8.18. The van der Waals surface area contributed by atoms with Gasteiger partial charge in [-0.05, 0) is 86.7 Å². The van der Waals surface area contributed by atoms with E-state index in [4.69, 9.17) is 4.74 Å². The van der Waals surface area contributed by atoms with Crippen molar-refractivity contribution >= 4 is 0 Å². The Hall–Kier alpha value is -1.38. The molecule has 3 rings (SSSR count). The second kappa shape index (κ2) is 12.8. The monoisotopic (exact) mass is 446 g/mol. The van der Waals surface area contributed by atoms with E-state index >= 15 is 0 Å². The smallest absolute Gasteiger partial charge is 0.200 e. The van der Waals surface area contributed by atoms with Crippen LogP contribution in [0.15, 0.2) is 24.8 Å². The summed E-state index contributed by atoms with van der Waals surface area (Å²) in [5.41, 5.74) is 0.543. The summed E-state index contributed by atoms with van der Waals surface area (Å²) in [5, 5.41) is 0. The van der Waals surface area contributed by atoms with E-state index < -0.39 is 11.6 Å². The number of hydrogen-bond donors (Lipinski definition) is 0. The molecule has 1 aromatic rings. The van der Waals surface area contributed by atoms with Gasteiger partial charge in [0.15, 0.2) is 11.6 Å². The molecule has 0 heterocycles. The van der Waals surface area contributed by atoms with E-state index in [2.05, 4.69) is 20.4 Å². The van der Waals surface area contributed by atoms with Crippen molar-refractivity contribution in [3.8, 4) is 5.75 Å². The molecule has 2 saturated carbocycles. The Kier molecular flexibility index (Phi) is 10.1. The Bertz CT molecular complexity index is 699. The Morgan fingerprint density at radius 1 is 0.906 bits per heavy atom. The van der Waals surface area contributed by atoms with Gasteiger partial charge in [0.2, 0.25) is 5.82 Å². The molecular formula is C29H44F2O. The Morgan fingerprint density at radius 2 is 1.56 bits per heavy atom. The third-order valence-electron chi connectivity index (χ3n) is 8.18. The van der Waals surface area contributed by atoms with Crippen LogP contribution in [0, 0.1) is 29.4 Å². The second-order valence-electron chi connectivity index (χ2n) is 10.3. The van der Waals surface area contributed by atoms with Crippen LogP contribution in [0.2, 0.25) is 0 Å². The third kappa shape index (κ3) is 6.58. The lowest BCUT2D eigenvalue weighted by Crippen LogP contribution is -2.25. The van der Waals surface area contributed by atoms with Gasteiger partial charge < -0.3 is 4.74 Å². The maximum absolute atomic E-state index is 15.0. The molecule has 0 saturated heterocycles. The minimum Gasteiger partial charge on any atom is -0.483 e.